The van der Waals surface area contributed by atoms with Crippen molar-refractivity contribution in [3.05, 3.63) is 48.0 Å². The van der Waals surface area contributed by atoms with Gasteiger partial charge in [0.15, 0.2) is 0 Å². The number of nitrogens with zero attached hydrogens (tertiary/aromatic N) is 4. The van der Waals surface area contributed by atoms with Crippen molar-refractivity contribution in [3.63, 3.8) is 0 Å². The lowest BCUT2D eigenvalue weighted by Crippen LogP contribution is -2.45. The quantitative estimate of drug-likeness (QED) is 0.437. The number of nitrogens with two attached hydrogens (primary N) is 1. The number of ether oxygens (including phenoxy) is 1. The van der Waals surface area contributed by atoms with E-state index >= 15 is 0 Å². The minimum absolute atomic E-state index is 0.0525. The highest BCUT2D eigenvalue weighted by Crippen LogP contribution is 2.41. The number of likely N-dealkylation sites (tertiary alicyclic amines) is 1. The van der Waals surface area contributed by atoms with Crippen LogP contribution in [0.5, 0.6) is 5.75 Å². The van der Waals surface area contributed by atoms with E-state index in [-0.39, 0.29) is 24.4 Å². The summed E-state index contributed by atoms with van der Waals surface area (Å²) in [6.07, 6.45) is 9.54. The molecule has 196 valence electrons. The summed E-state index contributed by atoms with van der Waals surface area (Å²) in [6.45, 7) is 6.07. The van der Waals surface area contributed by atoms with Crippen LogP contribution < -0.4 is 10.5 Å². The Morgan fingerprint density at radius 3 is 2.83 bits per heavy atom. The minimum atomic E-state index is -0.812. The Morgan fingerprint density at radius 1 is 1.28 bits per heavy atom. The highest BCUT2D eigenvalue weighted by molar-refractivity contribution is 5.79. The number of amides is 1. The molecule has 9 nitrogen and oxygen atoms in total. The van der Waals surface area contributed by atoms with E-state index in [0.29, 0.717) is 45.8 Å². The molecule has 2 aromatic rings. The Hall–Kier alpha value is -2.91. The molecule has 3 atom stereocenters. The number of fused-ring (bicyclic) bond motifs is 1. The van der Waals surface area contributed by atoms with Crippen LogP contribution in [0, 0.1) is 5.92 Å². The molecule has 1 unspecified atom stereocenters. The molecule has 9 heteroatoms. The summed E-state index contributed by atoms with van der Waals surface area (Å²) in [5.74, 6) is -0.666. The Bertz CT molecular complexity index is 1000. The first kappa shape index (κ1) is 26.2. The van der Waals surface area contributed by atoms with Gasteiger partial charge in [0.25, 0.3) is 0 Å². The van der Waals surface area contributed by atoms with Crippen LogP contribution in [0.4, 0.5) is 0 Å². The maximum absolute atomic E-state index is 13.4. The molecule has 1 saturated heterocycles. The minimum Gasteiger partial charge on any atom is -0.493 e. The van der Waals surface area contributed by atoms with Crippen molar-refractivity contribution < 1.29 is 19.4 Å². The molecule has 3 N–H and O–H groups in total. The van der Waals surface area contributed by atoms with Crippen LogP contribution in [0.3, 0.4) is 0 Å². The van der Waals surface area contributed by atoms with E-state index < -0.39 is 11.9 Å². The van der Waals surface area contributed by atoms with Crippen molar-refractivity contribution in [3.8, 4) is 5.75 Å². The fraction of sp³-hybridized carbons (Fsp3) is 0.593. The van der Waals surface area contributed by atoms with Crippen LogP contribution in [-0.2, 0) is 22.6 Å². The average molecular weight is 498 g/mol. The van der Waals surface area contributed by atoms with Crippen LogP contribution in [0.15, 0.2) is 36.9 Å². The van der Waals surface area contributed by atoms with E-state index in [1.807, 2.05) is 27.8 Å². The van der Waals surface area contributed by atoms with E-state index in [1.165, 1.54) is 0 Å². The van der Waals surface area contributed by atoms with Crippen molar-refractivity contribution in [1.29, 1.82) is 0 Å². The average Bonchev–Trinajstić information content (AvgIpc) is 3.62. The smallest absolute Gasteiger partial charge is 0.308 e. The first-order valence-electron chi connectivity index (χ1n) is 13.2. The molecule has 4 rings (SSSR count). The third kappa shape index (κ3) is 6.07. The van der Waals surface area contributed by atoms with Gasteiger partial charge in [0.05, 0.1) is 25.4 Å². The van der Waals surface area contributed by atoms with Crippen LogP contribution in [0.2, 0.25) is 0 Å². The molecule has 2 aliphatic rings. The van der Waals surface area contributed by atoms with Crippen molar-refractivity contribution in [2.24, 2.45) is 11.7 Å². The van der Waals surface area contributed by atoms with Gasteiger partial charge in [0.2, 0.25) is 5.91 Å². The number of carbonyl (C=O) groups is 2. The highest BCUT2D eigenvalue weighted by Gasteiger charge is 2.47. The summed E-state index contributed by atoms with van der Waals surface area (Å²) in [6, 6.07) is 5.81. The number of aromatic nitrogens is 2. The fourth-order valence-corrected chi connectivity index (χ4v) is 5.59. The van der Waals surface area contributed by atoms with Gasteiger partial charge in [-0.05, 0) is 43.0 Å². The van der Waals surface area contributed by atoms with Gasteiger partial charge in [0, 0.05) is 57.0 Å². The lowest BCUT2D eigenvalue weighted by molar-refractivity contribution is -0.144. The Kier molecular flexibility index (Phi) is 8.98. The standard InChI is InChI=1S/C27H39N5O4/c1-2-3-11-31(12-4-9-28)25(33)18-32-17-22(20-5-6-24-21(16-20)8-15-36-24)26(27(34)35)23(32)7-13-30-14-10-29-19-30/h5-6,10,14,16,19,22-23,26H,2-4,7-9,11-13,15,17-18,28H2,1H3,(H,34,35)/t22-,23+,26?/m1/s1. The molecule has 2 aliphatic heterocycles. The number of benzene rings is 1. The lowest BCUT2D eigenvalue weighted by atomic mass is 9.83. The SMILES string of the molecule is CCCCN(CCCN)C(=O)CN1C[C@H](c2ccc3c(c2)CCO3)C(C(=O)O)[C@@H]1CCn1ccnc1. The van der Waals surface area contributed by atoms with Crippen LogP contribution in [0.1, 0.15) is 49.7 Å². The zero-order chi connectivity index (χ0) is 25.5. The van der Waals surface area contributed by atoms with Crippen molar-refractivity contribution >= 4 is 11.9 Å². The zero-order valence-electron chi connectivity index (χ0n) is 21.2. The normalized spacial score (nSPS) is 21.3. The van der Waals surface area contributed by atoms with E-state index in [0.717, 1.165) is 42.6 Å². The van der Waals surface area contributed by atoms with Gasteiger partial charge in [-0.2, -0.15) is 0 Å². The Balaban J connectivity index is 1.58. The van der Waals surface area contributed by atoms with E-state index in [4.69, 9.17) is 10.5 Å². The van der Waals surface area contributed by atoms with Crippen LogP contribution in [-0.4, -0.2) is 81.7 Å². The third-order valence-corrected chi connectivity index (χ3v) is 7.52. The van der Waals surface area contributed by atoms with Crippen LogP contribution in [0.25, 0.3) is 0 Å². The van der Waals surface area contributed by atoms with Crippen LogP contribution >= 0.6 is 0 Å². The first-order chi connectivity index (χ1) is 17.5. The number of carboxylic acid groups (broad SMARTS) is 1. The number of rotatable bonds is 13. The summed E-state index contributed by atoms with van der Waals surface area (Å²) in [7, 11) is 0. The molecule has 1 aromatic heterocycles. The number of hydrogen-bond acceptors (Lipinski definition) is 6. The molecule has 0 saturated carbocycles. The fourth-order valence-electron chi connectivity index (χ4n) is 5.59. The number of carbonyl (C=O) groups excluding carboxylic acids is 1. The van der Waals surface area contributed by atoms with Gasteiger partial charge >= 0.3 is 5.97 Å². The molecule has 0 radical (unpaired) electrons. The first-order valence-corrected chi connectivity index (χ1v) is 13.2. The zero-order valence-corrected chi connectivity index (χ0v) is 21.2. The molecule has 0 bridgehead atoms. The van der Waals surface area contributed by atoms with Gasteiger partial charge in [-0.15, -0.1) is 0 Å². The molecular formula is C27H39N5O4. The number of aliphatic carboxylic acids is 1. The summed E-state index contributed by atoms with van der Waals surface area (Å²) < 4.78 is 7.63. The summed E-state index contributed by atoms with van der Waals surface area (Å²) in [5.41, 5.74) is 7.87. The molecular weight excluding hydrogens is 458 g/mol. The molecule has 1 aromatic carbocycles. The maximum Gasteiger partial charge on any atom is 0.308 e. The summed E-state index contributed by atoms with van der Waals surface area (Å²) in [5, 5.41) is 10.4. The largest absolute Gasteiger partial charge is 0.493 e. The number of hydrogen-bond donors (Lipinski definition) is 2. The van der Waals surface area contributed by atoms with Crippen molar-refractivity contribution in [2.45, 2.75) is 57.5 Å². The predicted molar refractivity (Wildman–Crippen MR) is 137 cm³/mol. The van der Waals surface area contributed by atoms with Crippen molar-refractivity contribution in [1.82, 2.24) is 19.4 Å². The second-order valence-corrected chi connectivity index (χ2v) is 9.90. The Labute approximate surface area is 213 Å². The van der Waals surface area contributed by atoms with Gasteiger partial charge in [-0.25, -0.2) is 4.98 Å². The number of aryl methyl sites for hydroxylation is 1. The molecule has 3 heterocycles. The topological polar surface area (TPSA) is 114 Å². The van der Waals surface area contributed by atoms with Crippen molar-refractivity contribution in [2.75, 3.05) is 39.3 Å². The maximum atomic E-state index is 13.4. The molecule has 0 spiro atoms. The van der Waals surface area contributed by atoms with Gasteiger partial charge in [-0.1, -0.05) is 25.5 Å². The predicted octanol–water partition coefficient (Wildman–Crippen LogP) is 2.35. The second kappa shape index (κ2) is 12.4. The van der Waals surface area contributed by atoms with E-state index in [9.17, 15) is 14.7 Å². The van der Waals surface area contributed by atoms with Gasteiger partial charge in [0.1, 0.15) is 5.75 Å². The number of carboxylic acids is 1. The van der Waals surface area contributed by atoms with E-state index in [2.05, 4.69) is 22.9 Å². The summed E-state index contributed by atoms with van der Waals surface area (Å²) >= 11 is 0. The lowest BCUT2D eigenvalue weighted by Gasteiger charge is -2.30. The number of unbranched alkanes of at least 4 members (excludes halogenated alkanes) is 1. The van der Waals surface area contributed by atoms with Gasteiger partial charge in [-0.3, -0.25) is 14.5 Å². The van der Waals surface area contributed by atoms with Gasteiger partial charge < -0.3 is 25.0 Å². The Morgan fingerprint density at radius 2 is 2.11 bits per heavy atom. The molecule has 36 heavy (non-hydrogen) atoms. The third-order valence-electron chi connectivity index (χ3n) is 7.52. The van der Waals surface area contributed by atoms with E-state index in [1.54, 1.807) is 12.5 Å². The molecule has 1 fully saturated rings. The second-order valence-electron chi connectivity index (χ2n) is 9.90. The molecule has 1 amide bonds. The summed E-state index contributed by atoms with van der Waals surface area (Å²) in [4.78, 5) is 34.2. The number of imidazole rings is 1. The molecule has 0 aliphatic carbocycles. The highest BCUT2D eigenvalue weighted by atomic mass is 16.5. The monoisotopic (exact) mass is 497 g/mol.